The second kappa shape index (κ2) is 6.07. The maximum Gasteiger partial charge on any atom is 0.185 e. The molecule has 0 aliphatic heterocycles. The highest BCUT2D eigenvalue weighted by molar-refractivity contribution is 6.13. The van der Waals surface area contributed by atoms with Crippen LogP contribution >= 0.6 is 0 Å². The van der Waals surface area contributed by atoms with E-state index in [0.29, 0.717) is 5.92 Å². The summed E-state index contributed by atoms with van der Waals surface area (Å²) in [5, 5.41) is 0. The zero-order valence-electron chi connectivity index (χ0n) is 13.8. The van der Waals surface area contributed by atoms with Gasteiger partial charge in [0.1, 0.15) is 11.5 Å². The van der Waals surface area contributed by atoms with Crippen LogP contribution in [0.15, 0.2) is 56.8 Å². The molecule has 0 saturated heterocycles. The highest BCUT2D eigenvalue weighted by Crippen LogP contribution is 2.41. The van der Waals surface area contributed by atoms with Crippen LogP contribution in [-0.2, 0) is 4.79 Å². The van der Waals surface area contributed by atoms with Gasteiger partial charge in [-0.05, 0) is 60.6 Å². The van der Waals surface area contributed by atoms with Crippen molar-refractivity contribution in [3.05, 3.63) is 59.5 Å². The first-order valence-electron chi connectivity index (χ1n) is 7.96. The molecule has 0 aromatic carbocycles. The van der Waals surface area contributed by atoms with E-state index >= 15 is 0 Å². The molecule has 120 valence electrons. The number of rotatable bonds is 2. The normalized spacial score (nSPS) is 22.9. The van der Waals surface area contributed by atoms with E-state index in [1.165, 1.54) is 0 Å². The van der Waals surface area contributed by atoms with Gasteiger partial charge in [0.2, 0.25) is 0 Å². The summed E-state index contributed by atoms with van der Waals surface area (Å²) in [5.41, 5.74) is 1.75. The maximum atomic E-state index is 12.8. The summed E-state index contributed by atoms with van der Waals surface area (Å²) in [4.78, 5) is 12.8. The van der Waals surface area contributed by atoms with Crippen molar-refractivity contribution in [2.45, 2.75) is 33.6 Å². The number of ketones is 1. The molecule has 0 spiro atoms. The molecule has 1 atom stereocenters. The average molecular weight is 310 g/mol. The summed E-state index contributed by atoms with van der Waals surface area (Å²) >= 11 is 0. The Balaban J connectivity index is 1.98. The number of hydrogen-bond acceptors (Lipinski definition) is 3. The average Bonchev–Trinajstić information content (AvgIpc) is 3.15. The Morgan fingerprint density at radius 3 is 1.78 bits per heavy atom. The summed E-state index contributed by atoms with van der Waals surface area (Å²) in [6, 6.07) is 7.41. The van der Waals surface area contributed by atoms with Gasteiger partial charge in [0.05, 0.1) is 12.5 Å². The van der Waals surface area contributed by atoms with Crippen LogP contribution in [0.1, 0.15) is 45.1 Å². The van der Waals surface area contributed by atoms with Crippen molar-refractivity contribution in [1.29, 1.82) is 0 Å². The molecule has 23 heavy (non-hydrogen) atoms. The van der Waals surface area contributed by atoms with Crippen molar-refractivity contribution in [3.8, 4) is 0 Å². The topological polar surface area (TPSA) is 43.4 Å². The maximum absolute atomic E-state index is 12.8. The zero-order valence-corrected chi connectivity index (χ0v) is 13.8. The highest BCUT2D eigenvalue weighted by atomic mass is 16.3. The molecule has 0 bridgehead atoms. The third-order valence-electron chi connectivity index (χ3n) is 4.46. The monoisotopic (exact) mass is 310 g/mol. The number of furan rings is 2. The Morgan fingerprint density at radius 1 is 0.957 bits per heavy atom. The molecule has 2 heterocycles. The van der Waals surface area contributed by atoms with Crippen molar-refractivity contribution in [2.75, 3.05) is 0 Å². The molecule has 0 radical (unpaired) electrons. The minimum Gasteiger partial charge on any atom is -0.465 e. The van der Waals surface area contributed by atoms with Crippen molar-refractivity contribution in [1.82, 2.24) is 0 Å². The zero-order chi connectivity index (χ0) is 16.4. The van der Waals surface area contributed by atoms with E-state index in [1.807, 2.05) is 36.4 Å². The largest absolute Gasteiger partial charge is 0.465 e. The number of carbonyl (C=O) groups excluding carboxylic acids is 1. The first kappa shape index (κ1) is 15.6. The van der Waals surface area contributed by atoms with E-state index in [1.54, 1.807) is 12.5 Å². The molecule has 3 rings (SSSR count). The lowest BCUT2D eigenvalue weighted by atomic mass is 9.68. The predicted molar refractivity (Wildman–Crippen MR) is 90.6 cm³/mol. The Kier molecular flexibility index (Phi) is 4.12. The minimum atomic E-state index is 0.0956. The van der Waals surface area contributed by atoms with E-state index in [4.69, 9.17) is 8.83 Å². The first-order valence-corrected chi connectivity index (χ1v) is 7.96. The van der Waals surface area contributed by atoms with Crippen LogP contribution in [-0.4, -0.2) is 5.78 Å². The highest BCUT2D eigenvalue weighted by Gasteiger charge is 2.34. The fourth-order valence-electron chi connectivity index (χ4n) is 2.95. The number of Topliss-reactive ketones (excluding diaryl/α,β-unsaturated/α-hetero) is 1. The van der Waals surface area contributed by atoms with E-state index in [2.05, 4.69) is 20.8 Å². The van der Waals surface area contributed by atoms with E-state index < -0.39 is 0 Å². The van der Waals surface area contributed by atoms with Crippen LogP contribution in [0.4, 0.5) is 0 Å². The van der Waals surface area contributed by atoms with Gasteiger partial charge in [-0.1, -0.05) is 20.8 Å². The number of hydrogen-bond donors (Lipinski definition) is 0. The molecule has 3 heteroatoms. The van der Waals surface area contributed by atoms with E-state index in [-0.39, 0.29) is 11.2 Å². The minimum absolute atomic E-state index is 0.0956. The molecule has 0 amide bonds. The van der Waals surface area contributed by atoms with Crippen LogP contribution in [0, 0.1) is 11.3 Å². The van der Waals surface area contributed by atoms with Gasteiger partial charge in [0, 0.05) is 11.1 Å². The molecule has 0 N–H and O–H groups in total. The van der Waals surface area contributed by atoms with Crippen LogP contribution in [0.2, 0.25) is 0 Å². The fraction of sp³-hybridized carbons (Fsp3) is 0.350. The summed E-state index contributed by atoms with van der Waals surface area (Å²) < 4.78 is 10.8. The van der Waals surface area contributed by atoms with Gasteiger partial charge in [0.15, 0.2) is 5.78 Å². The lowest BCUT2D eigenvalue weighted by molar-refractivity contribution is -0.113. The first-order chi connectivity index (χ1) is 10.9. The molecule has 1 fully saturated rings. The number of carbonyl (C=O) groups is 1. The smallest absolute Gasteiger partial charge is 0.185 e. The third kappa shape index (κ3) is 3.55. The lowest BCUT2D eigenvalue weighted by Crippen LogP contribution is -2.29. The SMILES string of the molecule is CC(C)(C)C1C/C(=C/c2ccco2)C(=O)/C(=C/c2ccco2)C1. The van der Waals surface area contributed by atoms with Crippen LogP contribution in [0.5, 0.6) is 0 Å². The van der Waals surface area contributed by atoms with Crippen LogP contribution < -0.4 is 0 Å². The second-order valence-corrected chi connectivity index (χ2v) is 7.17. The summed E-state index contributed by atoms with van der Waals surface area (Å²) in [7, 11) is 0. The molecule has 2 aromatic rings. The van der Waals surface area contributed by atoms with Gasteiger partial charge >= 0.3 is 0 Å². The van der Waals surface area contributed by atoms with Crippen molar-refractivity contribution in [2.24, 2.45) is 11.3 Å². The van der Waals surface area contributed by atoms with E-state index in [0.717, 1.165) is 35.5 Å². The molecular weight excluding hydrogens is 288 g/mol. The van der Waals surface area contributed by atoms with Gasteiger partial charge in [-0.2, -0.15) is 0 Å². The van der Waals surface area contributed by atoms with E-state index in [9.17, 15) is 4.79 Å². The molecule has 2 aromatic heterocycles. The Labute approximate surface area is 136 Å². The summed E-state index contributed by atoms with van der Waals surface area (Å²) in [5.74, 6) is 1.95. The van der Waals surface area contributed by atoms with Crippen LogP contribution in [0.3, 0.4) is 0 Å². The number of allylic oxidation sites excluding steroid dienone is 2. The fourth-order valence-corrected chi connectivity index (χ4v) is 2.95. The van der Waals surface area contributed by atoms with Crippen molar-refractivity contribution >= 4 is 17.9 Å². The molecule has 3 nitrogen and oxygen atoms in total. The molecule has 1 saturated carbocycles. The Morgan fingerprint density at radius 2 is 1.43 bits per heavy atom. The third-order valence-corrected chi connectivity index (χ3v) is 4.46. The van der Waals surface area contributed by atoms with Gasteiger partial charge in [-0.3, -0.25) is 4.79 Å². The van der Waals surface area contributed by atoms with Gasteiger partial charge in [0.25, 0.3) is 0 Å². The van der Waals surface area contributed by atoms with Gasteiger partial charge < -0.3 is 8.83 Å². The lowest BCUT2D eigenvalue weighted by Gasteiger charge is -2.35. The van der Waals surface area contributed by atoms with Crippen LogP contribution in [0.25, 0.3) is 12.2 Å². The molecular formula is C20H22O3. The standard InChI is InChI=1S/C20H22O3/c1-20(2,3)16-10-14(12-17-6-4-8-22-17)19(21)15(11-16)13-18-7-5-9-23-18/h4-9,12-13,16H,10-11H2,1-3H3/b14-12-,15-13+. The molecule has 1 aliphatic carbocycles. The predicted octanol–water partition coefficient (Wildman–Crippen LogP) is 5.36. The summed E-state index contributed by atoms with van der Waals surface area (Å²) in [6.45, 7) is 6.67. The molecule has 1 aliphatic rings. The Bertz CT molecular complexity index is 666. The quantitative estimate of drug-likeness (QED) is 0.701. The second-order valence-electron chi connectivity index (χ2n) is 7.17. The Hall–Kier alpha value is -2.29. The van der Waals surface area contributed by atoms with Gasteiger partial charge in [-0.15, -0.1) is 0 Å². The molecule has 1 unspecified atom stereocenters. The van der Waals surface area contributed by atoms with Crippen molar-refractivity contribution in [3.63, 3.8) is 0 Å². The van der Waals surface area contributed by atoms with Gasteiger partial charge in [-0.25, -0.2) is 0 Å². The van der Waals surface area contributed by atoms with Crippen molar-refractivity contribution < 1.29 is 13.6 Å². The summed E-state index contributed by atoms with van der Waals surface area (Å²) in [6.07, 6.45) is 8.55.